The lowest BCUT2D eigenvalue weighted by Crippen LogP contribution is -2.38. The largest absolute Gasteiger partial charge is 0.308 e. The van der Waals surface area contributed by atoms with E-state index in [1.54, 1.807) is 17.9 Å². The third-order valence-electron chi connectivity index (χ3n) is 3.14. The second kappa shape index (κ2) is 5.30. The van der Waals surface area contributed by atoms with Gasteiger partial charge in [0, 0.05) is 19.2 Å². The average molecular weight is 307 g/mol. The first-order valence-corrected chi connectivity index (χ1v) is 7.21. The van der Waals surface area contributed by atoms with Crippen LogP contribution in [-0.2, 0) is 18.4 Å². The summed E-state index contributed by atoms with van der Waals surface area (Å²) in [6.45, 7) is 0.0282. The van der Waals surface area contributed by atoms with Crippen molar-refractivity contribution in [3.8, 4) is 0 Å². The van der Waals surface area contributed by atoms with Crippen molar-refractivity contribution < 1.29 is 9.59 Å². The highest BCUT2D eigenvalue weighted by Crippen LogP contribution is 2.22. The second-order valence-corrected chi connectivity index (χ2v) is 5.53. The highest BCUT2D eigenvalue weighted by molar-refractivity contribution is 8.13. The molecule has 3 N–H and O–H groups in total. The number of carbonyl (C=O) groups excluding carboxylic acids is 2. The smallest absolute Gasteiger partial charge is 0.288 e. The number of nitrogens with two attached hydrogens (primary N) is 1. The normalized spacial score (nSPS) is 15.8. The molecule has 110 valence electrons. The Morgan fingerprint density at radius 2 is 2.24 bits per heavy atom. The van der Waals surface area contributed by atoms with Crippen molar-refractivity contribution in [3.63, 3.8) is 0 Å². The quantitative estimate of drug-likeness (QED) is 0.611. The number of nitrogens with one attached hydrogen (secondary N) is 1. The summed E-state index contributed by atoms with van der Waals surface area (Å²) in [5, 5.41) is 4.49. The lowest BCUT2D eigenvalue weighted by atomic mass is 10.3. The van der Waals surface area contributed by atoms with Crippen molar-refractivity contribution >= 4 is 39.8 Å². The molecular formula is C11H13N7O2S. The van der Waals surface area contributed by atoms with Crippen LogP contribution in [0.15, 0.2) is 6.20 Å². The molecule has 0 bridgehead atoms. The van der Waals surface area contributed by atoms with Gasteiger partial charge in [-0.05, 0) is 0 Å². The Kier molecular flexibility index (Phi) is 3.47. The Balaban J connectivity index is 1.98. The maximum Gasteiger partial charge on any atom is 0.288 e. The van der Waals surface area contributed by atoms with E-state index in [1.807, 2.05) is 0 Å². The number of carbonyl (C=O) groups is 2. The minimum atomic E-state index is -0.276. The highest BCUT2D eigenvalue weighted by atomic mass is 32.2. The topological polar surface area (TPSA) is 119 Å². The second-order valence-electron chi connectivity index (χ2n) is 4.48. The molecule has 9 nitrogen and oxygen atoms in total. The van der Waals surface area contributed by atoms with Gasteiger partial charge < -0.3 is 5.43 Å². The van der Waals surface area contributed by atoms with Crippen LogP contribution in [0.5, 0.6) is 0 Å². The van der Waals surface area contributed by atoms with Crippen molar-refractivity contribution in [3.05, 3.63) is 12.0 Å². The lowest BCUT2D eigenvalue weighted by molar-refractivity contribution is -0.128. The van der Waals surface area contributed by atoms with Crippen molar-refractivity contribution in [1.82, 2.24) is 24.6 Å². The van der Waals surface area contributed by atoms with Gasteiger partial charge in [-0.1, -0.05) is 11.8 Å². The van der Waals surface area contributed by atoms with Crippen LogP contribution < -0.4 is 11.3 Å². The van der Waals surface area contributed by atoms with E-state index in [0.717, 1.165) is 16.7 Å². The summed E-state index contributed by atoms with van der Waals surface area (Å²) < 4.78 is 1.58. The Morgan fingerprint density at radius 3 is 2.95 bits per heavy atom. The molecule has 0 saturated carbocycles. The average Bonchev–Trinajstić information content (AvgIpc) is 2.84. The van der Waals surface area contributed by atoms with Crippen molar-refractivity contribution in [2.45, 2.75) is 13.0 Å². The molecule has 1 aliphatic heterocycles. The van der Waals surface area contributed by atoms with Gasteiger partial charge >= 0.3 is 0 Å². The molecule has 3 rings (SSSR count). The summed E-state index contributed by atoms with van der Waals surface area (Å²) in [6.07, 6.45) is 1.94. The molecule has 0 aromatic carbocycles. The maximum atomic E-state index is 11.8. The van der Waals surface area contributed by atoms with Gasteiger partial charge in [0.1, 0.15) is 0 Å². The van der Waals surface area contributed by atoms with Crippen LogP contribution in [0, 0.1) is 0 Å². The minimum Gasteiger partial charge on any atom is -0.308 e. The van der Waals surface area contributed by atoms with Crippen molar-refractivity contribution in [2.75, 3.05) is 11.2 Å². The number of hydrogen-bond acceptors (Lipinski definition) is 8. The molecule has 3 heterocycles. The fourth-order valence-corrected chi connectivity index (χ4v) is 2.86. The van der Waals surface area contributed by atoms with E-state index in [-0.39, 0.29) is 17.7 Å². The van der Waals surface area contributed by atoms with E-state index in [0.29, 0.717) is 34.8 Å². The number of imide groups is 1. The summed E-state index contributed by atoms with van der Waals surface area (Å²) in [4.78, 5) is 33.4. The minimum absolute atomic E-state index is 0.0282. The van der Waals surface area contributed by atoms with Crippen molar-refractivity contribution in [2.24, 2.45) is 12.9 Å². The molecule has 0 atom stereocenters. The number of amides is 2. The molecule has 10 heteroatoms. The number of nitrogens with zero attached hydrogens (tertiary/aromatic N) is 5. The number of aromatic nitrogens is 4. The number of anilines is 1. The van der Waals surface area contributed by atoms with Gasteiger partial charge in [0.05, 0.1) is 18.1 Å². The van der Waals surface area contributed by atoms with Gasteiger partial charge in [0.15, 0.2) is 17.3 Å². The van der Waals surface area contributed by atoms with Gasteiger partial charge in [-0.15, -0.1) is 0 Å². The molecule has 0 radical (unpaired) electrons. The molecule has 2 amide bonds. The van der Waals surface area contributed by atoms with Gasteiger partial charge in [0.25, 0.3) is 5.24 Å². The SMILES string of the molecule is Cn1ncc2c(NN)nc(CN3C(=O)CCSC3=O)nc21. The van der Waals surface area contributed by atoms with Gasteiger partial charge in [0.2, 0.25) is 5.91 Å². The number of fused-ring (bicyclic) bond motifs is 1. The molecular weight excluding hydrogens is 294 g/mol. The number of rotatable bonds is 3. The molecule has 0 spiro atoms. The fourth-order valence-electron chi connectivity index (χ4n) is 2.08. The summed E-state index contributed by atoms with van der Waals surface area (Å²) in [6, 6.07) is 0. The maximum absolute atomic E-state index is 11.8. The summed E-state index contributed by atoms with van der Waals surface area (Å²) in [7, 11) is 1.74. The van der Waals surface area contributed by atoms with Gasteiger partial charge in [-0.2, -0.15) is 5.10 Å². The van der Waals surface area contributed by atoms with E-state index >= 15 is 0 Å². The third kappa shape index (κ3) is 2.43. The Hall–Kier alpha value is -2.20. The number of nitrogen functional groups attached to an aromatic ring is 1. The molecule has 2 aromatic rings. The van der Waals surface area contributed by atoms with Crippen LogP contribution in [0.4, 0.5) is 10.6 Å². The van der Waals surface area contributed by atoms with Gasteiger partial charge in [-0.3, -0.25) is 19.2 Å². The lowest BCUT2D eigenvalue weighted by Gasteiger charge is -2.23. The van der Waals surface area contributed by atoms with Crippen molar-refractivity contribution in [1.29, 1.82) is 0 Å². The first kappa shape index (κ1) is 13.8. The molecule has 0 unspecified atom stereocenters. The molecule has 2 aromatic heterocycles. The number of aryl methyl sites for hydroxylation is 1. The predicted molar refractivity (Wildman–Crippen MR) is 77.1 cm³/mol. The summed E-state index contributed by atoms with van der Waals surface area (Å²) in [5.74, 6) is 6.51. The third-order valence-corrected chi connectivity index (χ3v) is 4.01. The van der Waals surface area contributed by atoms with Crippen LogP contribution in [-0.4, -0.2) is 41.5 Å². The standard InChI is InChI=1S/C11H13N7O2S/c1-17-10-6(4-13-17)9(16-12)14-7(15-10)5-18-8(19)2-3-21-11(18)20/h4H,2-3,5,12H2,1H3,(H,14,15,16). The van der Waals surface area contributed by atoms with Crippen LogP contribution in [0.3, 0.4) is 0 Å². The highest BCUT2D eigenvalue weighted by Gasteiger charge is 2.28. The summed E-state index contributed by atoms with van der Waals surface area (Å²) in [5.41, 5.74) is 3.07. The number of hydrogen-bond donors (Lipinski definition) is 2. The van der Waals surface area contributed by atoms with Crippen LogP contribution in [0.2, 0.25) is 0 Å². The molecule has 0 aliphatic carbocycles. The van der Waals surface area contributed by atoms with Crippen LogP contribution >= 0.6 is 11.8 Å². The monoisotopic (exact) mass is 307 g/mol. The Morgan fingerprint density at radius 1 is 1.43 bits per heavy atom. The van der Waals surface area contributed by atoms with E-state index in [1.165, 1.54) is 0 Å². The van der Waals surface area contributed by atoms with E-state index < -0.39 is 0 Å². The zero-order chi connectivity index (χ0) is 15.0. The fraction of sp³-hybridized carbons (Fsp3) is 0.364. The molecule has 21 heavy (non-hydrogen) atoms. The van der Waals surface area contributed by atoms with Crippen LogP contribution in [0.1, 0.15) is 12.2 Å². The Labute approximate surface area is 123 Å². The molecule has 1 aliphatic rings. The van der Waals surface area contributed by atoms with Gasteiger partial charge in [-0.25, -0.2) is 15.8 Å². The number of hydrazine groups is 1. The Bertz CT molecular complexity index is 713. The summed E-state index contributed by atoms with van der Waals surface area (Å²) >= 11 is 1.12. The number of thioether (sulfide) groups is 1. The van der Waals surface area contributed by atoms with E-state index in [2.05, 4.69) is 20.5 Å². The van der Waals surface area contributed by atoms with E-state index in [9.17, 15) is 9.59 Å². The predicted octanol–water partition coefficient (Wildman–Crippen LogP) is 0.234. The van der Waals surface area contributed by atoms with E-state index in [4.69, 9.17) is 5.84 Å². The zero-order valence-electron chi connectivity index (χ0n) is 11.2. The van der Waals surface area contributed by atoms with Crippen LogP contribution in [0.25, 0.3) is 11.0 Å². The first-order valence-electron chi connectivity index (χ1n) is 6.22. The zero-order valence-corrected chi connectivity index (χ0v) is 12.1. The molecule has 1 fully saturated rings. The first-order chi connectivity index (χ1) is 10.1. The molecule has 1 saturated heterocycles.